The van der Waals surface area contributed by atoms with Gasteiger partial charge in [0.05, 0.1) is 19.0 Å². The molecule has 1 atom stereocenters. The lowest BCUT2D eigenvalue weighted by Crippen LogP contribution is -2.46. The molecule has 0 bridgehead atoms. The Morgan fingerprint density at radius 1 is 1.00 bits per heavy atom. The summed E-state index contributed by atoms with van der Waals surface area (Å²) in [6.45, 7) is 1.20. The maximum atomic E-state index is 13.1. The van der Waals surface area contributed by atoms with Crippen LogP contribution in [0.5, 0.6) is 0 Å². The normalized spacial score (nSPS) is 17.2. The second-order valence-electron chi connectivity index (χ2n) is 7.79. The Kier molecular flexibility index (Phi) is 8.60. The van der Waals surface area contributed by atoms with Crippen LogP contribution in [0.2, 0.25) is 0 Å². The van der Waals surface area contributed by atoms with E-state index in [9.17, 15) is 18.8 Å². The number of carbonyl (C=O) groups excluding carboxylic acids is 3. The van der Waals surface area contributed by atoms with Gasteiger partial charge < -0.3 is 20.9 Å². The fourth-order valence-corrected chi connectivity index (χ4v) is 3.70. The third kappa shape index (κ3) is 7.08. The van der Waals surface area contributed by atoms with Crippen molar-refractivity contribution in [3.63, 3.8) is 0 Å². The van der Waals surface area contributed by atoms with Gasteiger partial charge in [0.2, 0.25) is 11.8 Å². The van der Waals surface area contributed by atoms with Gasteiger partial charge in [-0.3, -0.25) is 9.59 Å². The Balaban J connectivity index is 1.62. The average molecular weight is 441 g/mol. The van der Waals surface area contributed by atoms with E-state index in [1.54, 1.807) is 17.0 Å². The molecule has 170 valence electrons. The number of hydrogen-bond acceptors (Lipinski definition) is 3. The van der Waals surface area contributed by atoms with Gasteiger partial charge in [-0.25, -0.2) is 9.18 Å². The van der Waals surface area contributed by atoms with Crippen LogP contribution in [0.3, 0.4) is 0 Å². The van der Waals surface area contributed by atoms with Gasteiger partial charge in [0.25, 0.3) is 0 Å². The summed E-state index contributed by atoms with van der Waals surface area (Å²) in [7, 11) is 0. The van der Waals surface area contributed by atoms with Gasteiger partial charge in [0.1, 0.15) is 5.82 Å². The van der Waals surface area contributed by atoms with Crippen molar-refractivity contribution in [3.05, 3.63) is 71.5 Å². The third-order valence-corrected chi connectivity index (χ3v) is 5.42. The molecule has 2 aromatic carbocycles. The Morgan fingerprint density at radius 3 is 2.50 bits per heavy atom. The highest BCUT2D eigenvalue weighted by atomic mass is 19.1. The molecule has 1 aliphatic heterocycles. The summed E-state index contributed by atoms with van der Waals surface area (Å²) in [5.41, 5.74) is 1.64. The molecule has 1 unspecified atom stereocenters. The van der Waals surface area contributed by atoms with Crippen LogP contribution in [-0.2, 0) is 16.1 Å². The van der Waals surface area contributed by atoms with E-state index < -0.39 is 12.1 Å². The molecule has 1 fully saturated rings. The van der Waals surface area contributed by atoms with E-state index in [4.69, 9.17) is 0 Å². The van der Waals surface area contributed by atoms with Crippen molar-refractivity contribution in [2.45, 2.75) is 38.3 Å². The predicted molar refractivity (Wildman–Crippen MR) is 119 cm³/mol. The van der Waals surface area contributed by atoms with Crippen molar-refractivity contribution >= 4 is 17.8 Å². The molecule has 0 radical (unpaired) electrons. The smallest absolute Gasteiger partial charge is 0.315 e. The SMILES string of the molecule is O=C1CC(c2ccccc2)N(C(=O)CNC(=O)NCc2ccc(F)cc2)CCCCCN1. The standard InChI is InChI=1S/C24H29FN4O3/c25-20-11-9-18(10-12-20)16-27-24(32)28-17-23(31)29-14-6-2-5-13-26-22(30)15-21(29)19-7-3-1-4-8-19/h1,3-4,7-12,21H,2,5-6,13-17H2,(H,26,30)(H2,27,28,32). The average Bonchev–Trinajstić information content (AvgIpc) is 2.81. The van der Waals surface area contributed by atoms with Crippen molar-refractivity contribution in [1.82, 2.24) is 20.9 Å². The van der Waals surface area contributed by atoms with Gasteiger partial charge in [0, 0.05) is 19.6 Å². The summed E-state index contributed by atoms with van der Waals surface area (Å²) in [5, 5.41) is 8.17. The molecular formula is C24H29FN4O3. The Morgan fingerprint density at radius 2 is 1.75 bits per heavy atom. The van der Waals surface area contributed by atoms with Gasteiger partial charge in [-0.1, -0.05) is 42.5 Å². The molecule has 3 N–H and O–H groups in total. The first-order chi connectivity index (χ1) is 15.5. The van der Waals surface area contributed by atoms with E-state index in [0.717, 1.165) is 30.4 Å². The van der Waals surface area contributed by atoms with Gasteiger partial charge in [-0.15, -0.1) is 0 Å². The first-order valence-electron chi connectivity index (χ1n) is 10.9. The summed E-state index contributed by atoms with van der Waals surface area (Å²) >= 11 is 0. The van der Waals surface area contributed by atoms with Gasteiger partial charge >= 0.3 is 6.03 Å². The summed E-state index contributed by atoms with van der Waals surface area (Å²) in [6, 6.07) is 14.4. The monoisotopic (exact) mass is 440 g/mol. The number of halogens is 1. The van der Waals surface area contributed by atoms with Crippen molar-refractivity contribution in [2.24, 2.45) is 0 Å². The minimum atomic E-state index is -0.488. The highest BCUT2D eigenvalue weighted by Gasteiger charge is 2.27. The molecule has 2 aromatic rings. The molecule has 4 amide bonds. The minimum Gasteiger partial charge on any atom is -0.356 e. The molecule has 3 rings (SSSR count). The molecule has 1 heterocycles. The van der Waals surface area contributed by atoms with Crippen LogP contribution < -0.4 is 16.0 Å². The number of hydrogen-bond donors (Lipinski definition) is 3. The second-order valence-corrected chi connectivity index (χ2v) is 7.79. The fourth-order valence-electron chi connectivity index (χ4n) is 3.70. The molecule has 0 aromatic heterocycles. The van der Waals surface area contributed by atoms with E-state index in [1.165, 1.54) is 12.1 Å². The topological polar surface area (TPSA) is 90.5 Å². The Labute approximate surface area is 187 Å². The summed E-state index contributed by atoms with van der Waals surface area (Å²) in [6.07, 6.45) is 2.76. The number of urea groups is 1. The first kappa shape index (κ1) is 23.2. The van der Waals surface area contributed by atoms with Gasteiger partial charge in [-0.05, 0) is 42.5 Å². The molecule has 0 aliphatic carbocycles. The van der Waals surface area contributed by atoms with Crippen LogP contribution in [0.25, 0.3) is 0 Å². The van der Waals surface area contributed by atoms with E-state index in [2.05, 4.69) is 16.0 Å². The lowest BCUT2D eigenvalue weighted by atomic mass is 10.00. The van der Waals surface area contributed by atoms with E-state index in [-0.39, 0.29) is 37.1 Å². The number of carbonyl (C=O) groups is 3. The van der Waals surface area contributed by atoms with Crippen LogP contribution in [-0.4, -0.2) is 42.4 Å². The number of nitrogens with zero attached hydrogens (tertiary/aromatic N) is 1. The number of rotatable bonds is 5. The van der Waals surface area contributed by atoms with E-state index in [0.29, 0.717) is 13.1 Å². The van der Waals surface area contributed by atoms with E-state index >= 15 is 0 Å². The number of benzene rings is 2. The largest absolute Gasteiger partial charge is 0.356 e. The van der Waals surface area contributed by atoms with Crippen molar-refractivity contribution < 1.29 is 18.8 Å². The second kappa shape index (κ2) is 11.8. The molecule has 0 spiro atoms. The molecule has 7 nitrogen and oxygen atoms in total. The van der Waals surface area contributed by atoms with Crippen LogP contribution in [0.15, 0.2) is 54.6 Å². The Hall–Kier alpha value is -3.42. The maximum Gasteiger partial charge on any atom is 0.315 e. The molecule has 32 heavy (non-hydrogen) atoms. The zero-order chi connectivity index (χ0) is 22.8. The molecule has 1 saturated heterocycles. The molecule has 1 aliphatic rings. The van der Waals surface area contributed by atoms with Gasteiger partial charge in [-0.2, -0.15) is 0 Å². The fraction of sp³-hybridized carbons (Fsp3) is 0.375. The van der Waals surface area contributed by atoms with Crippen LogP contribution in [0.1, 0.15) is 42.9 Å². The van der Waals surface area contributed by atoms with Crippen LogP contribution >= 0.6 is 0 Å². The lowest BCUT2D eigenvalue weighted by molar-refractivity contribution is -0.134. The highest BCUT2D eigenvalue weighted by Crippen LogP contribution is 2.25. The van der Waals surface area contributed by atoms with Crippen LogP contribution in [0.4, 0.5) is 9.18 Å². The maximum absolute atomic E-state index is 13.1. The highest BCUT2D eigenvalue weighted by molar-refractivity contribution is 5.85. The van der Waals surface area contributed by atoms with Crippen molar-refractivity contribution in [3.8, 4) is 0 Å². The van der Waals surface area contributed by atoms with Crippen molar-refractivity contribution in [2.75, 3.05) is 19.6 Å². The zero-order valence-electron chi connectivity index (χ0n) is 18.0. The summed E-state index contributed by atoms with van der Waals surface area (Å²) in [5.74, 6) is -0.682. The number of amides is 4. The predicted octanol–water partition coefficient (Wildman–Crippen LogP) is 2.89. The molecular weight excluding hydrogens is 411 g/mol. The molecule has 8 heteroatoms. The minimum absolute atomic E-state index is 0.0939. The lowest BCUT2D eigenvalue weighted by Gasteiger charge is -2.33. The van der Waals surface area contributed by atoms with Gasteiger partial charge in [0.15, 0.2) is 0 Å². The van der Waals surface area contributed by atoms with Crippen LogP contribution in [0, 0.1) is 5.82 Å². The summed E-state index contributed by atoms with van der Waals surface area (Å²) < 4.78 is 13.0. The quantitative estimate of drug-likeness (QED) is 0.668. The first-order valence-corrected chi connectivity index (χ1v) is 10.9. The zero-order valence-corrected chi connectivity index (χ0v) is 18.0. The van der Waals surface area contributed by atoms with Crippen molar-refractivity contribution in [1.29, 1.82) is 0 Å². The number of nitrogens with one attached hydrogen (secondary N) is 3. The molecule has 0 saturated carbocycles. The summed E-state index contributed by atoms with van der Waals surface area (Å²) in [4.78, 5) is 39.3. The third-order valence-electron chi connectivity index (χ3n) is 5.42. The Bertz CT molecular complexity index is 905. The van der Waals surface area contributed by atoms with E-state index in [1.807, 2.05) is 30.3 Å².